The Hall–Kier alpha value is -2.00. The Morgan fingerprint density at radius 2 is 1.57 bits per heavy atom. The molecule has 0 amide bonds. The Morgan fingerprint density at radius 1 is 0.952 bits per heavy atom. The fourth-order valence-electron chi connectivity index (χ4n) is 2.18. The van der Waals surface area contributed by atoms with Gasteiger partial charge in [0.25, 0.3) is 0 Å². The Morgan fingerprint density at radius 3 is 2.10 bits per heavy atom. The van der Waals surface area contributed by atoms with Crippen LogP contribution in [-0.2, 0) is 6.42 Å². The van der Waals surface area contributed by atoms with Gasteiger partial charge >= 0.3 is 0 Å². The molecule has 0 saturated heterocycles. The Labute approximate surface area is 126 Å². The normalized spacial score (nSPS) is 12.0. The number of hydrogen-bond donors (Lipinski definition) is 1. The third-order valence-corrected chi connectivity index (χ3v) is 3.61. The van der Waals surface area contributed by atoms with Crippen molar-refractivity contribution in [3.63, 3.8) is 0 Å². The molecule has 112 valence electrons. The van der Waals surface area contributed by atoms with E-state index < -0.39 is 0 Å². The first kappa shape index (κ1) is 15.4. The molecule has 0 spiro atoms. The molecule has 0 fully saturated rings. The van der Waals surface area contributed by atoms with E-state index in [4.69, 9.17) is 9.47 Å². The zero-order valence-corrected chi connectivity index (χ0v) is 12.9. The fourth-order valence-corrected chi connectivity index (χ4v) is 2.18. The lowest BCUT2D eigenvalue weighted by atomic mass is 10.0. The van der Waals surface area contributed by atoms with Gasteiger partial charge in [0, 0.05) is 0 Å². The zero-order valence-electron chi connectivity index (χ0n) is 12.9. The van der Waals surface area contributed by atoms with Crippen molar-refractivity contribution >= 4 is 0 Å². The molecule has 3 nitrogen and oxygen atoms in total. The number of likely N-dealkylation sites (N-methyl/N-ethyl adjacent to an activating group) is 1. The molecule has 0 aromatic heterocycles. The van der Waals surface area contributed by atoms with Crippen LogP contribution >= 0.6 is 0 Å². The minimum absolute atomic E-state index is 0.179. The molecular formula is C18H23NO2. The lowest BCUT2D eigenvalue weighted by Gasteiger charge is -2.18. The van der Waals surface area contributed by atoms with Crippen LogP contribution in [0.5, 0.6) is 11.5 Å². The first-order valence-electron chi connectivity index (χ1n) is 7.29. The van der Waals surface area contributed by atoms with Gasteiger partial charge in [-0.3, -0.25) is 0 Å². The van der Waals surface area contributed by atoms with Gasteiger partial charge in [-0.15, -0.1) is 0 Å². The van der Waals surface area contributed by atoms with Crippen LogP contribution in [0.2, 0.25) is 0 Å². The molecule has 21 heavy (non-hydrogen) atoms. The van der Waals surface area contributed by atoms with Crippen LogP contribution < -0.4 is 14.8 Å². The maximum Gasteiger partial charge on any atom is 0.119 e. The largest absolute Gasteiger partial charge is 0.497 e. The van der Waals surface area contributed by atoms with Crippen LogP contribution in [0.3, 0.4) is 0 Å². The molecule has 2 rings (SSSR count). The molecule has 1 unspecified atom stereocenters. The smallest absolute Gasteiger partial charge is 0.119 e. The Bertz CT molecular complexity index is 534. The summed E-state index contributed by atoms with van der Waals surface area (Å²) in [6.07, 6.45) is 1.06. The van der Waals surface area contributed by atoms with Crippen LogP contribution in [0, 0.1) is 0 Å². The Balaban J connectivity index is 1.97. The van der Waals surface area contributed by atoms with Crippen molar-refractivity contribution in [1.82, 2.24) is 5.32 Å². The van der Waals surface area contributed by atoms with Gasteiger partial charge in [0.05, 0.1) is 13.2 Å². The standard InChI is InChI=1S/C18H23NO2/c1-4-14-5-7-15(8-6-14)18(19-2)13-21-17-11-9-16(20-3)10-12-17/h5-12,18-19H,4,13H2,1-3H3. The number of rotatable bonds is 7. The summed E-state index contributed by atoms with van der Waals surface area (Å²) in [7, 11) is 3.61. The van der Waals surface area contributed by atoms with Crippen molar-refractivity contribution in [3.8, 4) is 11.5 Å². The molecule has 0 aliphatic carbocycles. The summed E-state index contributed by atoms with van der Waals surface area (Å²) in [5.74, 6) is 1.68. The van der Waals surface area contributed by atoms with Crippen LogP contribution in [0.4, 0.5) is 0 Å². The van der Waals surface area contributed by atoms with E-state index in [0.717, 1.165) is 17.9 Å². The highest BCUT2D eigenvalue weighted by molar-refractivity contribution is 5.31. The predicted molar refractivity (Wildman–Crippen MR) is 86.1 cm³/mol. The van der Waals surface area contributed by atoms with Crippen molar-refractivity contribution in [2.75, 3.05) is 20.8 Å². The fraction of sp³-hybridized carbons (Fsp3) is 0.333. The number of benzene rings is 2. The van der Waals surface area contributed by atoms with E-state index >= 15 is 0 Å². The molecular weight excluding hydrogens is 262 g/mol. The topological polar surface area (TPSA) is 30.5 Å². The minimum atomic E-state index is 0.179. The number of nitrogens with one attached hydrogen (secondary N) is 1. The highest BCUT2D eigenvalue weighted by Crippen LogP contribution is 2.20. The van der Waals surface area contributed by atoms with Gasteiger partial charge in [0.1, 0.15) is 18.1 Å². The van der Waals surface area contributed by atoms with Crippen molar-refractivity contribution in [2.45, 2.75) is 19.4 Å². The summed E-state index contributed by atoms with van der Waals surface area (Å²) < 4.78 is 11.0. The molecule has 0 heterocycles. The molecule has 0 aliphatic heterocycles. The van der Waals surface area contributed by atoms with Gasteiger partial charge in [-0.2, -0.15) is 0 Å². The summed E-state index contributed by atoms with van der Waals surface area (Å²) in [5, 5.41) is 3.30. The van der Waals surface area contributed by atoms with Gasteiger partial charge < -0.3 is 14.8 Å². The van der Waals surface area contributed by atoms with Gasteiger partial charge in [-0.05, 0) is 48.9 Å². The van der Waals surface area contributed by atoms with E-state index in [-0.39, 0.29) is 6.04 Å². The van der Waals surface area contributed by atoms with Gasteiger partial charge in [0.15, 0.2) is 0 Å². The average Bonchev–Trinajstić information content (AvgIpc) is 2.56. The van der Waals surface area contributed by atoms with E-state index in [1.54, 1.807) is 7.11 Å². The molecule has 0 saturated carbocycles. The van der Waals surface area contributed by atoms with Gasteiger partial charge in [-0.1, -0.05) is 31.2 Å². The molecule has 2 aromatic carbocycles. The zero-order chi connectivity index (χ0) is 15.1. The molecule has 0 bridgehead atoms. The average molecular weight is 285 g/mol. The number of methoxy groups -OCH3 is 1. The summed E-state index contributed by atoms with van der Waals surface area (Å²) in [6.45, 7) is 2.76. The molecule has 1 N–H and O–H groups in total. The monoisotopic (exact) mass is 285 g/mol. The third kappa shape index (κ3) is 4.23. The third-order valence-electron chi connectivity index (χ3n) is 3.61. The van der Waals surface area contributed by atoms with E-state index in [1.807, 2.05) is 31.3 Å². The molecule has 0 aliphatic rings. The number of ether oxygens (including phenoxy) is 2. The highest BCUT2D eigenvalue weighted by Gasteiger charge is 2.10. The van der Waals surface area contributed by atoms with Crippen molar-refractivity contribution in [1.29, 1.82) is 0 Å². The van der Waals surface area contributed by atoms with Gasteiger partial charge in [0.2, 0.25) is 0 Å². The summed E-state index contributed by atoms with van der Waals surface area (Å²) >= 11 is 0. The quantitative estimate of drug-likeness (QED) is 0.843. The van der Waals surface area contributed by atoms with Crippen LogP contribution in [0.15, 0.2) is 48.5 Å². The van der Waals surface area contributed by atoms with Crippen molar-refractivity contribution in [3.05, 3.63) is 59.7 Å². The highest BCUT2D eigenvalue weighted by atomic mass is 16.5. The summed E-state index contributed by atoms with van der Waals surface area (Å²) in [6, 6.07) is 16.5. The second-order valence-electron chi connectivity index (χ2n) is 4.92. The maximum absolute atomic E-state index is 5.85. The molecule has 1 atom stereocenters. The molecule has 0 radical (unpaired) electrons. The second-order valence-corrected chi connectivity index (χ2v) is 4.92. The Kier molecular flexibility index (Phi) is 5.64. The predicted octanol–water partition coefficient (Wildman–Crippen LogP) is 3.60. The van der Waals surface area contributed by atoms with Crippen LogP contribution in [0.25, 0.3) is 0 Å². The van der Waals surface area contributed by atoms with E-state index in [0.29, 0.717) is 6.61 Å². The lowest BCUT2D eigenvalue weighted by Crippen LogP contribution is -2.23. The summed E-state index contributed by atoms with van der Waals surface area (Å²) in [4.78, 5) is 0. The molecule has 2 aromatic rings. The summed E-state index contributed by atoms with van der Waals surface area (Å²) in [5.41, 5.74) is 2.59. The van der Waals surface area contributed by atoms with Crippen LogP contribution in [-0.4, -0.2) is 20.8 Å². The maximum atomic E-state index is 5.85. The first-order valence-corrected chi connectivity index (χ1v) is 7.29. The molecule has 3 heteroatoms. The van der Waals surface area contributed by atoms with Gasteiger partial charge in [-0.25, -0.2) is 0 Å². The van der Waals surface area contributed by atoms with E-state index in [9.17, 15) is 0 Å². The second kappa shape index (κ2) is 7.70. The van der Waals surface area contributed by atoms with Crippen molar-refractivity contribution in [2.24, 2.45) is 0 Å². The van der Waals surface area contributed by atoms with Crippen molar-refractivity contribution < 1.29 is 9.47 Å². The number of hydrogen-bond acceptors (Lipinski definition) is 3. The SMILES string of the molecule is CCc1ccc(C(COc2ccc(OC)cc2)NC)cc1. The minimum Gasteiger partial charge on any atom is -0.497 e. The van der Waals surface area contributed by atoms with E-state index in [2.05, 4.69) is 36.5 Å². The van der Waals surface area contributed by atoms with E-state index in [1.165, 1.54) is 11.1 Å². The first-order chi connectivity index (χ1) is 10.3. The number of aryl methyl sites for hydroxylation is 1. The van der Waals surface area contributed by atoms with Crippen LogP contribution in [0.1, 0.15) is 24.1 Å². The lowest BCUT2D eigenvalue weighted by molar-refractivity contribution is 0.272.